The lowest BCUT2D eigenvalue weighted by Gasteiger charge is -2.19. The monoisotopic (exact) mass is 324 g/mol. The second-order valence-corrected chi connectivity index (χ2v) is 7.78. The van der Waals surface area contributed by atoms with Crippen molar-refractivity contribution in [2.75, 3.05) is 0 Å². The maximum atomic E-state index is 2.45. The molecule has 0 saturated heterocycles. The summed E-state index contributed by atoms with van der Waals surface area (Å²) in [4.78, 5) is 0. The molecule has 1 aliphatic carbocycles. The maximum Gasteiger partial charge on any atom is 0.178 e. The highest BCUT2D eigenvalue weighted by Crippen LogP contribution is 2.47. The number of fused-ring (bicyclic) bond motifs is 3. The van der Waals surface area contributed by atoms with Crippen LogP contribution >= 0.6 is 0 Å². The normalized spacial score (nSPS) is 14.5. The van der Waals surface area contributed by atoms with Gasteiger partial charge >= 0.3 is 0 Å². The van der Waals surface area contributed by atoms with Crippen LogP contribution in [0.2, 0.25) is 0 Å². The molecule has 0 bridgehead atoms. The summed E-state index contributed by atoms with van der Waals surface area (Å²) < 4.78 is 4.81. The van der Waals surface area contributed by atoms with Gasteiger partial charge in [-0.1, -0.05) is 40.5 Å². The van der Waals surface area contributed by atoms with E-state index in [-0.39, 0.29) is 5.41 Å². The molecule has 24 heavy (non-hydrogen) atoms. The Kier molecular flexibility index (Phi) is 4.76. The molecule has 1 aliphatic rings. The van der Waals surface area contributed by atoms with Crippen LogP contribution in [0.1, 0.15) is 70.2 Å². The van der Waals surface area contributed by atoms with E-state index in [4.69, 9.17) is 0 Å². The van der Waals surface area contributed by atoms with E-state index >= 15 is 0 Å². The minimum absolute atomic E-state index is 0.0849. The Hall–Kier alpha value is -1.70. The Morgan fingerprint density at radius 3 is 2.29 bits per heavy atom. The molecule has 0 saturated carbocycles. The molecule has 0 N–H and O–H groups in total. The summed E-state index contributed by atoms with van der Waals surface area (Å²) in [6.45, 7) is 13.8. The predicted octanol–water partition coefficient (Wildman–Crippen LogP) is 4.48. The number of aromatic nitrogens is 2. The molecule has 2 heterocycles. The first-order chi connectivity index (χ1) is 11.5. The van der Waals surface area contributed by atoms with Crippen molar-refractivity contribution in [3.8, 4) is 11.1 Å². The van der Waals surface area contributed by atoms with Gasteiger partial charge in [0.05, 0.1) is 0 Å². The van der Waals surface area contributed by atoms with Crippen molar-refractivity contribution >= 4 is 0 Å². The van der Waals surface area contributed by atoms with Gasteiger partial charge in [0.15, 0.2) is 24.3 Å². The number of pyridine rings is 2. The number of aryl methyl sites for hydroxylation is 3. The SMILES string of the molecule is CCCC[n+]1ccc2c(c1)C(C)(C)c1c[n+](CCCC)c(C)cc1-2. The van der Waals surface area contributed by atoms with E-state index in [0.29, 0.717) is 0 Å². The summed E-state index contributed by atoms with van der Waals surface area (Å²) in [5, 5.41) is 0. The zero-order valence-electron chi connectivity index (χ0n) is 16.0. The first kappa shape index (κ1) is 17.1. The smallest absolute Gasteiger partial charge is 0.178 e. The van der Waals surface area contributed by atoms with Crippen LogP contribution in [0.25, 0.3) is 11.1 Å². The lowest BCUT2D eigenvalue weighted by molar-refractivity contribution is -0.703. The van der Waals surface area contributed by atoms with Crippen molar-refractivity contribution in [2.45, 2.75) is 78.8 Å². The van der Waals surface area contributed by atoms with Gasteiger partial charge in [-0.05, 0) is 11.1 Å². The second-order valence-electron chi connectivity index (χ2n) is 7.78. The topological polar surface area (TPSA) is 7.76 Å². The van der Waals surface area contributed by atoms with E-state index < -0.39 is 0 Å². The van der Waals surface area contributed by atoms with Gasteiger partial charge in [0.2, 0.25) is 0 Å². The van der Waals surface area contributed by atoms with E-state index in [2.05, 4.69) is 74.5 Å². The van der Waals surface area contributed by atoms with Crippen molar-refractivity contribution in [3.63, 3.8) is 0 Å². The quantitative estimate of drug-likeness (QED) is 0.692. The molecule has 2 heteroatoms. The molecular weight excluding hydrogens is 292 g/mol. The molecule has 0 aliphatic heterocycles. The summed E-state index contributed by atoms with van der Waals surface area (Å²) in [6.07, 6.45) is 12.0. The van der Waals surface area contributed by atoms with Gasteiger partial charge < -0.3 is 0 Å². The fourth-order valence-electron chi connectivity index (χ4n) is 3.88. The van der Waals surface area contributed by atoms with Crippen molar-refractivity contribution in [2.24, 2.45) is 0 Å². The summed E-state index contributed by atoms with van der Waals surface area (Å²) >= 11 is 0. The third-order valence-corrected chi connectivity index (χ3v) is 5.56. The van der Waals surface area contributed by atoms with Crippen LogP contribution in [0.15, 0.2) is 30.7 Å². The largest absolute Gasteiger partial charge is 0.205 e. The molecular formula is C22H32N2+2. The molecule has 0 aromatic carbocycles. The Morgan fingerprint density at radius 1 is 0.917 bits per heavy atom. The summed E-state index contributed by atoms with van der Waals surface area (Å²) in [7, 11) is 0. The third-order valence-electron chi connectivity index (χ3n) is 5.56. The van der Waals surface area contributed by atoms with Gasteiger partial charge in [-0.15, -0.1) is 0 Å². The molecule has 128 valence electrons. The average Bonchev–Trinajstić information content (AvgIpc) is 2.78. The summed E-state index contributed by atoms with van der Waals surface area (Å²) in [6, 6.07) is 4.73. The lowest BCUT2D eigenvalue weighted by atomic mass is 9.84. The fourth-order valence-corrected chi connectivity index (χ4v) is 3.88. The second kappa shape index (κ2) is 6.66. The van der Waals surface area contributed by atoms with Crippen molar-refractivity contribution in [1.29, 1.82) is 0 Å². The van der Waals surface area contributed by atoms with Crippen LogP contribution in [0.5, 0.6) is 0 Å². The number of nitrogens with zero attached hydrogens (tertiary/aromatic N) is 2. The molecule has 0 atom stereocenters. The molecule has 0 amide bonds. The van der Waals surface area contributed by atoms with Crippen LogP contribution in [0.4, 0.5) is 0 Å². The molecule has 0 unspecified atom stereocenters. The van der Waals surface area contributed by atoms with Crippen LogP contribution in [0, 0.1) is 6.92 Å². The molecule has 0 radical (unpaired) electrons. The number of rotatable bonds is 6. The molecule has 0 spiro atoms. The van der Waals surface area contributed by atoms with E-state index in [1.54, 1.807) is 0 Å². The van der Waals surface area contributed by atoms with Crippen LogP contribution < -0.4 is 9.13 Å². The van der Waals surface area contributed by atoms with Gasteiger partial charge in [0, 0.05) is 48.4 Å². The van der Waals surface area contributed by atoms with E-state index in [0.717, 1.165) is 13.1 Å². The highest BCUT2D eigenvalue weighted by molar-refractivity contribution is 5.79. The first-order valence-electron chi connectivity index (χ1n) is 9.57. The zero-order valence-corrected chi connectivity index (χ0v) is 16.0. The van der Waals surface area contributed by atoms with Crippen molar-refractivity contribution < 1.29 is 9.13 Å². The van der Waals surface area contributed by atoms with Gasteiger partial charge in [0.25, 0.3) is 0 Å². The van der Waals surface area contributed by atoms with E-state index in [9.17, 15) is 0 Å². The van der Waals surface area contributed by atoms with Crippen LogP contribution in [0.3, 0.4) is 0 Å². The van der Waals surface area contributed by atoms with Crippen LogP contribution in [-0.4, -0.2) is 0 Å². The maximum absolute atomic E-state index is 2.45. The average molecular weight is 325 g/mol. The van der Waals surface area contributed by atoms with Gasteiger partial charge in [0.1, 0.15) is 13.1 Å². The van der Waals surface area contributed by atoms with Gasteiger partial charge in [-0.3, -0.25) is 0 Å². The van der Waals surface area contributed by atoms with E-state index in [1.807, 2.05) is 0 Å². The highest BCUT2D eigenvalue weighted by Gasteiger charge is 2.40. The lowest BCUT2D eigenvalue weighted by Crippen LogP contribution is -2.38. The number of unbranched alkanes of at least 4 members (excludes halogenated alkanes) is 2. The summed E-state index contributed by atoms with van der Waals surface area (Å²) in [5.74, 6) is 0. The number of hydrogen-bond acceptors (Lipinski definition) is 0. The molecule has 2 nitrogen and oxygen atoms in total. The summed E-state index contributed by atoms with van der Waals surface area (Å²) in [5.41, 5.74) is 7.27. The Labute approximate surface area is 147 Å². The Balaban J connectivity index is 2.05. The minimum Gasteiger partial charge on any atom is -0.205 e. The minimum atomic E-state index is 0.0849. The fraction of sp³-hybridized carbons (Fsp3) is 0.545. The third kappa shape index (κ3) is 2.87. The molecule has 3 rings (SSSR count). The van der Waals surface area contributed by atoms with Gasteiger partial charge in [-0.2, -0.15) is 0 Å². The Morgan fingerprint density at radius 2 is 1.58 bits per heavy atom. The van der Waals surface area contributed by atoms with Crippen molar-refractivity contribution in [3.05, 3.63) is 47.5 Å². The molecule has 2 aromatic rings. The standard InChI is InChI=1S/C22H32N2/c1-6-8-11-23-13-10-18-19-14-17(3)24(12-9-7-2)16-21(19)22(4,5)20(18)15-23/h10,13-16H,6-9,11-12H2,1-5H3/q+2. The highest BCUT2D eigenvalue weighted by atomic mass is 15.0. The van der Waals surface area contributed by atoms with Crippen LogP contribution in [-0.2, 0) is 18.5 Å². The van der Waals surface area contributed by atoms with E-state index in [1.165, 1.54) is 53.6 Å². The number of hydrogen-bond donors (Lipinski definition) is 0. The Bertz CT molecular complexity index is 744. The zero-order chi connectivity index (χ0) is 17.3. The molecule has 0 fully saturated rings. The predicted molar refractivity (Wildman–Crippen MR) is 98.9 cm³/mol. The van der Waals surface area contributed by atoms with Crippen molar-refractivity contribution in [1.82, 2.24) is 0 Å². The first-order valence-corrected chi connectivity index (χ1v) is 9.57. The molecule has 2 aromatic heterocycles. The van der Waals surface area contributed by atoms with Gasteiger partial charge in [-0.25, -0.2) is 9.13 Å².